The Hall–Kier alpha value is -3.39. The largest absolute Gasteiger partial charge is 0.507 e. The second-order valence-corrected chi connectivity index (χ2v) is 13.2. The van der Waals surface area contributed by atoms with Gasteiger partial charge >= 0.3 is 0 Å². The lowest BCUT2D eigenvalue weighted by atomic mass is 9.72. The molecule has 1 saturated heterocycles. The van der Waals surface area contributed by atoms with Gasteiger partial charge in [0.2, 0.25) is 5.78 Å². The van der Waals surface area contributed by atoms with Crippen molar-refractivity contribution in [2.75, 3.05) is 20.3 Å². The molecule has 254 valence electrons. The molecule has 3 aliphatic carbocycles. The van der Waals surface area contributed by atoms with E-state index in [2.05, 4.69) is 5.32 Å². The Morgan fingerprint density at radius 1 is 1.06 bits per heavy atom. The number of methoxy groups -OCH3 is 1. The number of benzene rings is 2. The number of aliphatic hydroxyl groups excluding tert-OH is 1. The number of phenols is 2. The van der Waals surface area contributed by atoms with Gasteiger partial charge in [0.15, 0.2) is 17.9 Å². The predicted octanol–water partition coefficient (Wildman–Crippen LogP) is 3.01. The van der Waals surface area contributed by atoms with Crippen LogP contribution in [-0.2, 0) is 25.4 Å². The second-order valence-electron chi connectivity index (χ2n) is 13.2. The monoisotopic (exact) mass is 653 g/mol. The van der Waals surface area contributed by atoms with Crippen LogP contribution in [0.1, 0.15) is 108 Å². The molecule has 6 atom stereocenters. The van der Waals surface area contributed by atoms with Crippen molar-refractivity contribution in [2.45, 2.75) is 108 Å². The molecule has 0 aromatic heterocycles. The van der Waals surface area contributed by atoms with Crippen molar-refractivity contribution in [1.82, 2.24) is 5.32 Å². The molecule has 1 aliphatic heterocycles. The highest BCUT2D eigenvalue weighted by Gasteiger charge is 2.49. The van der Waals surface area contributed by atoms with Gasteiger partial charge in [-0.1, -0.05) is 31.4 Å². The van der Waals surface area contributed by atoms with E-state index < -0.39 is 82.6 Å². The Labute approximate surface area is 273 Å². The number of phenolic OH excluding ortho intramolecular Hbond substituents is 2. The molecule has 0 radical (unpaired) electrons. The van der Waals surface area contributed by atoms with E-state index in [1.54, 1.807) is 6.92 Å². The number of carbonyl (C=O) groups is 3. The van der Waals surface area contributed by atoms with Crippen LogP contribution in [-0.4, -0.2) is 94.3 Å². The average molecular weight is 654 g/mol. The summed E-state index contributed by atoms with van der Waals surface area (Å²) in [5.74, 6) is -3.10. The van der Waals surface area contributed by atoms with E-state index >= 15 is 0 Å². The van der Waals surface area contributed by atoms with Crippen LogP contribution in [0.5, 0.6) is 17.2 Å². The second kappa shape index (κ2) is 13.3. The Kier molecular flexibility index (Phi) is 9.45. The SMILES string of the molecule is COc1cccc2c1C(=O)c1c(O)c3c(c(O)c1C2=O)C[C@@](O)(C(C)=O)C[C@@H]3OC1CC(NCCOC2CCCCC2)C(O)C(C)O1. The van der Waals surface area contributed by atoms with E-state index in [4.69, 9.17) is 18.9 Å². The smallest absolute Gasteiger partial charge is 0.202 e. The number of ketones is 3. The molecule has 12 heteroatoms. The van der Waals surface area contributed by atoms with Crippen LogP contribution in [0, 0.1) is 0 Å². The third kappa shape index (κ3) is 6.07. The number of fused-ring (bicyclic) bond motifs is 3. The van der Waals surface area contributed by atoms with Crippen molar-refractivity contribution in [3.05, 3.63) is 51.6 Å². The van der Waals surface area contributed by atoms with Crippen molar-refractivity contribution >= 4 is 17.3 Å². The molecular weight excluding hydrogens is 610 g/mol. The van der Waals surface area contributed by atoms with Gasteiger partial charge in [-0.3, -0.25) is 14.4 Å². The first-order valence-corrected chi connectivity index (χ1v) is 16.4. The Morgan fingerprint density at radius 2 is 1.79 bits per heavy atom. The summed E-state index contributed by atoms with van der Waals surface area (Å²) in [6.45, 7) is 3.88. The minimum absolute atomic E-state index is 0.00669. The van der Waals surface area contributed by atoms with Gasteiger partial charge in [0.25, 0.3) is 0 Å². The lowest BCUT2D eigenvalue weighted by Crippen LogP contribution is -2.55. The minimum atomic E-state index is -2.01. The van der Waals surface area contributed by atoms with E-state index in [-0.39, 0.29) is 46.9 Å². The topological polar surface area (TPSA) is 181 Å². The van der Waals surface area contributed by atoms with Crippen LogP contribution in [0.15, 0.2) is 18.2 Å². The van der Waals surface area contributed by atoms with Crippen LogP contribution in [0.2, 0.25) is 0 Å². The Bertz CT molecular complexity index is 1570. The highest BCUT2D eigenvalue weighted by atomic mass is 16.7. The van der Waals surface area contributed by atoms with Crippen LogP contribution in [0.4, 0.5) is 0 Å². The molecule has 0 amide bonds. The first kappa shape index (κ1) is 33.5. The third-order valence-electron chi connectivity index (χ3n) is 10.2. The standard InChI is InChI=1S/C35H43NO11/c1-17-30(38)22(36-12-13-45-19-8-5-4-6-9-19)14-25(46-17)47-24-16-35(43,18(2)37)15-21-27(24)34(42)29-28(32(21)40)31(39)20-10-7-11-23(44-3)26(20)33(29)41/h7,10-11,17,19,22,24-25,30,36,38,40,42-43H,4-6,8-9,12-16H2,1-3H3/t17?,22?,24-,25?,30?,35-/m0/s1. The van der Waals surface area contributed by atoms with Crippen molar-refractivity contribution in [3.63, 3.8) is 0 Å². The number of aliphatic hydroxyl groups is 2. The fourth-order valence-corrected chi connectivity index (χ4v) is 7.53. The van der Waals surface area contributed by atoms with Crippen molar-refractivity contribution in [3.8, 4) is 17.2 Å². The zero-order valence-corrected chi connectivity index (χ0v) is 26.9. The van der Waals surface area contributed by atoms with Gasteiger partial charge in [0.05, 0.1) is 54.8 Å². The van der Waals surface area contributed by atoms with Gasteiger partial charge in [-0.25, -0.2) is 0 Å². The highest BCUT2D eigenvalue weighted by molar-refractivity contribution is 6.31. The predicted molar refractivity (Wildman–Crippen MR) is 167 cm³/mol. The summed E-state index contributed by atoms with van der Waals surface area (Å²) < 4.78 is 23.7. The summed E-state index contributed by atoms with van der Waals surface area (Å²) in [5, 5.41) is 48.9. The highest BCUT2D eigenvalue weighted by Crippen LogP contribution is 2.52. The minimum Gasteiger partial charge on any atom is -0.507 e. The first-order valence-electron chi connectivity index (χ1n) is 16.4. The zero-order chi connectivity index (χ0) is 33.6. The lowest BCUT2D eigenvalue weighted by molar-refractivity contribution is -0.249. The summed E-state index contributed by atoms with van der Waals surface area (Å²) in [6.07, 6.45) is 1.65. The average Bonchev–Trinajstić information content (AvgIpc) is 3.05. The van der Waals surface area contributed by atoms with Crippen LogP contribution in [0.3, 0.4) is 0 Å². The Morgan fingerprint density at radius 3 is 2.49 bits per heavy atom. The van der Waals surface area contributed by atoms with Crippen molar-refractivity contribution in [1.29, 1.82) is 0 Å². The van der Waals surface area contributed by atoms with E-state index in [9.17, 15) is 34.8 Å². The number of nitrogens with one attached hydrogen (secondary N) is 1. The van der Waals surface area contributed by atoms with Gasteiger partial charge in [0.1, 0.15) is 22.8 Å². The molecule has 4 unspecified atom stereocenters. The maximum atomic E-state index is 13.9. The summed E-state index contributed by atoms with van der Waals surface area (Å²) in [5.41, 5.74) is -2.96. The summed E-state index contributed by atoms with van der Waals surface area (Å²) in [4.78, 5) is 40.3. The molecular formula is C35H43NO11. The number of rotatable bonds is 9. The van der Waals surface area contributed by atoms with E-state index in [1.165, 1.54) is 51.5 Å². The fourth-order valence-electron chi connectivity index (χ4n) is 7.53. The fraction of sp³-hybridized carbons (Fsp3) is 0.571. The van der Waals surface area contributed by atoms with Crippen molar-refractivity contribution in [2.24, 2.45) is 0 Å². The molecule has 1 saturated carbocycles. The molecule has 47 heavy (non-hydrogen) atoms. The van der Waals surface area contributed by atoms with Crippen LogP contribution < -0.4 is 10.1 Å². The zero-order valence-electron chi connectivity index (χ0n) is 26.9. The van der Waals surface area contributed by atoms with Gasteiger partial charge in [0, 0.05) is 48.5 Å². The summed E-state index contributed by atoms with van der Waals surface area (Å²) in [7, 11) is 1.35. The number of hydrogen-bond acceptors (Lipinski definition) is 12. The summed E-state index contributed by atoms with van der Waals surface area (Å²) >= 11 is 0. The lowest BCUT2D eigenvalue weighted by Gasteiger charge is -2.43. The van der Waals surface area contributed by atoms with E-state index in [0.29, 0.717) is 13.2 Å². The van der Waals surface area contributed by atoms with Crippen LogP contribution in [0.25, 0.3) is 0 Å². The van der Waals surface area contributed by atoms with Gasteiger partial charge in [-0.05, 0) is 32.8 Å². The molecule has 5 N–H and O–H groups in total. The normalized spacial score (nSPS) is 29.2. The first-order chi connectivity index (χ1) is 22.4. The molecule has 12 nitrogen and oxygen atoms in total. The Balaban J connectivity index is 1.30. The van der Waals surface area contributed by atoms with Gasteiger partial charge in [-0.15, -0.1) is 0 Å². The van der Waals surface area contributed by atoms with Crippen molar-refractivity contribution < 1.29 is 53.8 Å². The number of hydrogen-bond donors (Lipinski definition) is 5. The molecule has 2 aromatic rings. The number of carbonyl (C=O) groups excluding carboxylic acids is 3. The van der Waals surface area contributed by atoms with E-state index in [1.807, 2.05) is 0 Å². The molecule has 0 bridgehead atoms. The number of ether oxygens (including phenoxy) is 4. The number of aromatic hydroxyl groups is 2. The van der Waals surface area contributed by atoms with E-state index in [0.717, 1.165) is 12.8 Å². The quantitative estimate of drug-likeness (QED) is 0.169. The maximum absolute atomic E-state index is 13.9. The molecule has 2 aromatic carbocycles. The van der Waals surface area contributed by atoms with Gasteiger partial charge in [-0.2, -0.15) is 0 Å². The maximum Gasteiger partial charge on any atom is 0.202 e. The molecule has 2 fully saturated rings. The molecule has 6 rings (SSSR count). The third-order valence-corrected chi connectivity index (χ3v) is 10.2. The molecule has 4 aliphatic rings. The number of Topliss-reactive ketones (excluding diaryl/α,β-unsaturated/α-hetero) is 1. The molecule has 1 heterocycles. The molecule has 0 spiro atoms. The summed E-state index contributed by atoms with van der Waals surface area (Å²) in [6, 6.07) is 4.04. The van der Waals surface area contributed by atoms with Gasteiger partial charge < -0.3 is 44.7 Å². The van der Waals surface area contributed by atoms with Crippen LogP contribution >= 0.6 is 0 Å².